The lowest BCUT2D eigenvalue weighted by Crippen LogP contribution is -2.06. The summed E-state index contributed by atoms with van der Waals surface area (Å²) in [6.07, 6.45) is 0. The minimum atomic E-state index is 0.576. The van der Waals surface area contributed by atoms with Crippen molar-refractivity contribution in [3.05, 3.63) is 200 Å². The molecule has 13 aromatic rings. The van der Waals surface area contributed by atoms with Crippen LogP contribution in [-0.4, -0.2) is 24.1 Å². The van der Waals surface area contributed by atoms with Crippen LogP contribution in [0.2, 0.25) is 0 Å². The second-order valence-electron chi connectivity index (χ2n) is 15.6. The molecule has 0 atom stereocenters. The normalized spacial score (nSPS) is 12.0. The second-order valence-corrected chi connectivity index (χ2v) is 15.6. The van der Waals surface area contributed by atoms with Crippen molar-refractivity contribution < 1.29 is 0 Å². The van der Waals surface area contributed by atoms with Crippen LogP contribution in [0.1, 0.15) is 0 Å². The van der Waals surface area contributed by atoms with Gasteiger partial charge in [-0.1, -0.05) is 158 Å². The van der Waals surface area contributed by atoms with E-state index in [4.69, 9.17) is 15.0 Å². The highest BCUT2D eigenvalue weighted by atomic mass is 15.2. The zero-order valence-corrected chi connectivity index (χ0v) is 32.3. The third kappa shape index (κ3) is 4.84. The molecular formula is C55H33N5. The van der Waals surface area contributed by atoms with E-state index >= 15 is 0 Å². The molecule has 0 bridgehead atoms. The highest BCUT2D eigenvalue weighted by Gasteiger charge is 2.21. The van der Waals surface area contributed by atoms with Gasteiger partial charge in [0.2, 0.25) is 5.95 Å². The van der Waals surface area contributed by atoms with Crippen LogP contribution in [-0.2, 0) is 0 Å². The van der Waals surface area contributed by atoms with Crippen LogP contribution in [0.15, 0.2) is 200 Å². The molecule has 278 valence electrons. The Kier molecular flexibility index (Phi) is 6.95. The molecule has 0 amide bonds. The molecule has 0 unspecified atom stereocenters. The van der Waals surface area contributed by atoms with Gasteiger partial charge in [0.15, 0.2) is 11.6 Å². The zero-order valence-electron chi connectivity index (χ0n) is 32.3. The van der Waals surface area contributed by atoms with Gasteiger partial charge in [-0.15, -0.1) is 0 Å². The van der Waals surface area contributed by atoms with Crippen molar-refractivity contribution >= 4 is 86.7 Å². The van der Waals surface area contributed by atoms with Gasteiger partial charge in [-0.2, -0.15) is 9.97 Å². The smallest absolute Gasteiger partial charge is 0.238 e. The van der Waals surface area contributed by atoms with Crippen molar-refractivity contribution in [3.63, 3.8) is 0 Å². The summed E-state index contributed by atoms with van der Waals surface area (Å²) >= 11 is 0. The van der Waals surface area contributed by atoms with Gasteiger partial charge in [-0.3, -0.25) is 4.57 Å². The Morgan fingerprint density at radius 2 is 0.917 bits per heavy atom. The monoisotopic (exact) mass is 763 g/mol. The predicted molar refractivity (Wildman–Crippen MR) is 249 cm³/mol. The minimum absolute atomic E-state index is 0.576. The minimum Gasteiger partial charge on any atom is -0.309 e. The van der Waals surface area contributed by atoms with E-state index in [9.17, 15) is 0 Å². The molecule has 0 spiro atoms. The van der Waals surface area contributed by atoms with Gasteiger partial charge in [-0.05, 0) is 80.2 Å². The summed E-state index contributed by atoms with van der Waals surface area (Å²) in [5.74, 6) is 1.83. The van der Waals surface area contributed by atoms with Crippen LogP contribution in [0.4, 0.5) is 0 Å². The van der Waals surface area contributed by atoms with E-state index in [2.05, 4.69) is 191 Å². The zero-order chi connectivity index (χ0) is 39.3. The largest absolute Gasteiger partial charge is 0.309 e. The SMILES string of the molecule is c1ccc(-c2nc(-c3cc4ccccc4c4ccccc34)nc(-n3c4ccccc4c4cc5ccc(-n6c7ccccc7c7ccc8ccccc8c76)cc5cc43)n2)cc1. The second kappa shape index (κ2) is 12.7. The van der Waals surface area contributed by atoms with E-state index < -0.39 is 0 Å². The average Bonchev–Trinajstić information content (AvgIpc) is 3.83. The quantitative estimate of drug-likeness (QED) is 0.168. The van der Waals surface area contributed by atoms with E-state index in [1.54, 1.807) is 0 Å². The summed E-state index contributed by atoms with van der Waals surface area (Å²) in [4.78, 5) is 15.9. The standard InChI is InChI=1S/C55H33N5/c1-2-15-35(16-3-1)53-56-54(48-32-37-17-5-6-18-40(37)42-20-8-9-21-43(42)48)58-55(57-53)60-50-25-13-11-23-45(50)47-31-36-26-28-39(30-38(36)33-51(47)60)59-49-24-12-10-22-44(49)46-29-27-34-14-4-7-19-41(34)52(46)59/h1-33H. The molecule has 13 rings (SSSR count). The van der Waals surface area contributed by atoms with Gasteiger partial charge < -0.3 is 4.57 Å². The van der Waals surface area contributed by atoms with Crippen LogP contribution < -0.4 is 0 Å². The van der Waals surface area contributed by atoms with E-state index in [0.29, 0.717) is 17.6 Å². The molecule has 0 aliphatic rings. The van der Waals surface area contributed by atoms with E-state index in [1.165, 1.54) is 48.7 Å². The van der Waals surface area contributed by atoms with E-state index in [-0.39, 0.29) is 0 Å². The summed E-state index contributed by atoms with van der Waals surface area (Å²) in [6, 6.07) is 71.6. The number of nitrogens with zero attached hydrogens (tertiary/aromatic N) is 5. The van der Waals surface area contributed by atoms with Crippen LogP contribution in [0.25, 0.3) is 121 Å². The maximum Gasteiger partial charge on any atom is 0.238 e. The lowest BCUT2D eigenvalue weighted by molar-refractivity contribution is 0.955. The van der Waals surface area contributed by atoms with E-state index in [1.807, 2.05) is 18.2 Å². The van der Waals surface area contributed by atoms with Gasteiger partial charge in [0.05, 0.1) is 22.1 Å². The Morgan fingerprint density at radius 1 is 0.300 bits per heavy atom. The van der Waals surface area contributed by atoms with Gasteiger partial charge >= 0.3 is 0 Å². The molecule has 0 saturated heterocycles. The summed E-state index contributed by atoms with van der Waals surface area (Å²) in [5.41, 5.74) is 7.50. The molecule has 0 N–H and O–H groups in total. The lowest BCUT2D eigenvalue weighted by atomic mass is 9.97. The Morgan fingerprint density at radius 3 is 1.73 bits per heavy atom. The van der Waals surface area contributed by atoms with Gasteiger partial charge in [0, 0.05) is 43.7 Å². The fourth-order valence-electron chi connectivity index (χ4n) is 9.59. The van der Waals surface area contributed by atoms with Crippen LogP contribution in [0, 0.1) is 0 Å². The summed E-state index contributed by atoms with van der Waals surface area (Å²) in [5, 5.41) is 14.2. The third-order valence-corrected chi connectivity index (χ3v) is 12.3. The molecule has 60 heavy (non-hydrogen) atoms. The van der Waals surface area contributed by atoms with Crippen molar-refractivity contribution in [3.8, 4) is 34.4 Å². The van der Waals surface area contributed by atoms with Gasteiger partial charge in [0.1, 0.15) is 0 Å². The molecule has 5 heteroatoms. The molecule has 0 aliphatic heterocycles. The van der Waals surface area contributed by atoms with E-state index in [0.717, 1.165) is 54.8 Å². The van der Waals surface area contributed by atoms with Crippen molar-refractivity contribution in [1.82, 2.24) is 24.1 Å². The highest BCUT2D eigenvalue weighted by molar-refractivity contribution is 6.19. The molecule has 5 nitrogen and oxygen atoms in total. The number of hydrogen-bond donors (Lipinski definition) is 0. The highest BCUT2D eigenvalue weighted by Crippen LogP contribution is 2.40. The number of rotatable bonds is 4. The van der Waals surface area contributed by atoms with Gasteiger partial charge in [-0.25, -0.2) is 4.98 Å². The maximum atomic E-state index is 5.40. The molecule has 0 radical (unpaired) electrons. The average molecular weight is 764 g/mol. The number of fused-ring (bicyclic) bond motifs is 12. The number of para-hydroxylation sites is 2. The van der Waals surface area contributed by atoms with Crippen molar-refractivity contribution in [1.29, 1.82) is 0 Å². The van der Waals surface area contributed by atoms with Crippen LogP contribution >= 0.6 is 0 Å². The molecule has 3 heterocycles. The van der Waals surface area contributed by atoms with Crippen molar-refractivity contribution in [2.24, 2.45) is 0 Å². The summed E-state index contributed by atoms with van der Waals surface area (Å²) < 4.78 is 4.66. The first-order chi connectivity index (χ1) is 29.7. The first-order valence-electron chi connectivity index (χ1n) is 20.4. The summed E-state index contributed by atoms with van der Waals surface area (Å²) in [7, 11) is 0. The fourth-order valence-corrected chi connectivity index (χ4v) is 9.59. The first kappa shape index (κ1) is 32.9. The molecule has 10 aromatic carbocycles. The molecule has 0 saturated carbocycles. The predicted octanol–water partition coefficient (Wildman–Crippen LogP) is 14.0. The fraction of sp³-hybridized carbons (Fsp3) is 0. The van der Waals surface area contributed by atoms with Gasteiger partial charge in [0.25, 0.3) is 0 Å². The van der Waals surface area contributed by atoms with Crippen LogP contribution in [0.5, 0.6) is 0 Å². The van der Waals surface area contributed by atoms with Crippen molar-refractivity contribution in [2.75, 3.05) is 0 Å². The topological polar surface area (TPSA) is 48.5 Å². The number of hydrogen-bond acceptors (Lipinski definition) is 3. The lowest BCUT2D eigenvalue weighted by Gasteiger charge is -2.14. The Bertz CT molecular complexity index is 3900. The molecule has 3 aromatic heterocycles. The maximum absolute atomic E-state index is 5.40. The number of aromatic nitrogens is 5. The van der Waals surface area contributed by atoms with Crippen LogP contribution in [0.3, 0.4) is 0 Å². The Hall–Kier alpha value is -8.15. The summed E-state index contributed by atoms with van der Waals surface area (Å²) in [6.45, 7) is 0. The third-order valence-electron chi connectivity index (χ3n) is 12.3. The van der Waals surface area contributed by atoms with Crippen molar-refractivity contribution in [2.45, 2.75) is 0 Å². The first-order valence-corrected chi connectivity index (χ1v) is 20.4. The Labute approximate surface area is 344 Å². The Balaban J connectivity index is 1.09. The molecule has 0 fully saturated rings. The molecule has 0 aliphatic carbocycles. The molecular weight excluding hydrogens is 731 g/mol. The number of benzene rings is 10.